The van der Waals surface area contributed by atoms with E-state index < -0.39 is 0 Å². The van der Waals surface area contributed by atoms with Gasteiger partial charge in [0.25, 0.3) is 0 Å². The van der Waals surface area contributed by atoms with Crippen molar-refractivity contribution in [2.24, 2.45) is 0 Å². The first-order valence-corrected chi connectivity index (χ1v) is 8.22. The van der Waals surface area contributed by atoms with Crippen molar-refractivity contribution in [2.45, 2.75) is 13.3 Å². The summed E-state index contributed by atoms with van der Waals surface area (Å²) in [5.41, 5.74) is 4.67. The number of para-hydroxylation sites is 2. The summed E-state index contributed by atoms with van der Waals surface area (Å²) in [5.74, 6) is 1.69. The van der Waals surface area contributed by atoms with Gasteiger partial charge in [0.1, 0.15) is 5.82 Å². The summed E-state index contributed by atoms with van der Waals surface area (Å²) >= 11 is 0. The molecule has 2 heterocycles. The molecular formula is C20H20N4. The maximum absolute atomic E-state index is 4.83. The summed E-state index contributed by atoms with van der Waals surface area (Å²) in [4.78, 5) is 13.8. The molecule has 4 nitrogen and oxygen atoms in total. The van der Waals surface area contributed by atoms with Crippen LogP contribution in [0.2, 0.25) is 0 Å². The van der Waals surface area contributed by atoms with Gasteiger partial charge in [-0.15, -0.1) is 0 Å². The summed E-state index contributed by atoms with van der Waals surface area (Å²) in [6.07, 6.45) is 1.04. The average molecular weight is 316 g/mol. The van der Waals surface area contributed by atoms with Gasteiger partial charge in [-0.2, -0.15) is 4.98 Å². The van der Waals surface area contributed by atoms with Gasteiger partial charge in [0, 0.05) is 36.7 Å². The lowest BCUT2D eigenvalue weighted by Crippen LogP contribution is -2.19. The summed E-state index contributed by atoms with van der Waals surface area (Å²) in [5, 5.41) is 0. The average Bonchev–Trinajstić information content (AvgIpc) is 3.05. The minimum absolute atomic E-state index is 0.776. The first-order valence-electron chi connectivity index (χ1n) is 8.22. The quantitative estimate of drug-likeness (QED) is 0.723. The first-order chi connectivity index (χ1) is 11.7. The standard InChI is InChI=1S/C20H20N4/c1-15-14-19(23(2)17-9-4-3-5-10-17)22-20(21-15)24-13-12-16-8-6-7-11-18(16)24/h3-11,14H,12-13H2,1-2H3. The van der Waals surface area contributed by atoms with Crippen LogP contribution in [0.3, 0.4) is 0 Å². The zero-order chi connectivity index (χ0) is 16.5. The fourth-order valence-electron chi connectivity index (χ4n) is 3.16. The molecule has 0 unspecified atom stereocenters. The van der Waals surface area contributed by atoms with Gasteiger partial charge in [0.2, 0.25) is 5.95 Å². The zero-order valence-electron chi connectivity index (χ0n) is 14.0. The van der Waals surface area contributed by atoms with Crippen molar-refractivity contribution in [3.05, 3.63) is 71.9 Å². The molecular weight excluding hydrogens is 296 g/mol. The van der Waals surface area contributed by atoms with Gasteiger partial charge in [-0.1, -0.05) is 36.4 Å². The van der Waals surface area contributed by atoms with Crippen LogP contribution in [0.15, 0.2) is 60.7 Å². The van der Waals surface area contributed by atoms with Gasteiger partial charge >= 0.3 is 0 Å². The van der Waals surface area contributed by atoms with E-state index in [4.69, 9.17) is 4.98 Å². The molecule has 0 aliphatic carbocycles. The molecule has 3 aromatic rings. The highest BCUT2D eigenvalue weighted by molar-refractivity contribution is 5.67. The third-order valence-corrected chi connectivity index (χ3v) is 4.44. The Kier molecular flexibility index (Phi) is 3.65. The Morgan fingerprint density at radius 3 is 2.54 bits per heavy atom. The summed E-state index contributed by atoms with van der Waals surface area (Å²) in [6, 6.07) is 20.8. The second kappa shape index (κ2) is 5.96. The molecule has 1 aliphatic rings. The Labute approximate surface area is 142 Å². The fourth-order valence-corrected chi connectivity index (χ4v) is 3.16. The molecule has 4 heteroatoms. The molecule has 0 saturated carbocycles. The van der Waals surface area contributed by atoms with Crippen molar-refractivity contribution in [1.29, 1.82) is 0 Å². The molecule has 4 rings (SSSR count). The monoisotopic (exact) mass is 316 g/mol. The van der Waals surface area contributed by atoms with E-state index in [1.54, 1.807) is 0 Å². The molecule has 0 atom stereocenters. The molecule has 0 amide bonds. The number of aromatic nitrogens is 2. The Morgan fingerprint density at radius 1 is 0.958 bits per heavy atom. The zero-order valence-corrected chi connectivity index (χ0v) is 14.0. The lowest BCUT2D eigenvalue weighted by molar-refractivity contribution is 0.922. The van der Waals surface area contributed by atoms with Crippen LogP contribution in [0, 0.1) is 6.92 Å². The van der Waals surface area contributed by atoms with Gasteiger partial charge < -0.3 is 9.80 Å². The van der Waals surface area contributed by atoms with Crippen molar-refractivity contribution in [2.75, 3.05) is 23.4 Å². The predicted octanol–water partition coefficient (Wildman–Crippen LogP) is 4.25. The van der Waals surface area contributed by atoms with Gasteiger partial charge in [-0.3, -0.25) is 0 Å². The minimum atomic E-state index is 0.776. The molecule has 0 N–H and O–H groups in total. The van der Waals surface area contributed by atoms with Gasteiger partial charge in [0.15, 0.2) is 0 Å². The number of benzene rings is 2. The lowest BCUT2D eigenvalue weighted by atomic mass is 10.2. The van der Waals surface area contributed by atoms with E-state index >= 15 is 0 Å². The van der Waals surface area contributed by atoms with Crippen molar-refractivity contribution < 1.29 is 0 Å². The van der Waals surface area contributed by atoms with Crippen molar-refractivity contribution in [3.63, 3.8) is 0 Å². The second-order valence-electron chi connectivity index (χ2n) is 6.09. The van der Waals surface area contributed by atoms with E-state index in [1.165, 1.54) is 11.3 Å². The van der Waals surface area contributed by atoms with Crippen LogP contribution in [0.4, 0.5) is 23.1 Å². The molecule has 1 aromatic heterocycles. The highest BCUT2D eigenvalue weighted by atomic mass is 15.3. The van der Waals surface area contributed by atoms with E-state index in [-0.39, 0.29) is 0 Å². The normalized spacial score (nSPS) is 13.0. The molecule has 0 spiro atoms. The third kappa shape index (κ3) is 2.60. The Balaban J connectivity index is 1.73. The number of hydrogen-bond acceptors (Lipinski definition) is 4. The van der Waals surface area contributed by atoms with Crippen molar-refractivity contribution in [3.8, 4) is 0 Å². The summed E-state index contributed by atoms with van der Waals surface area (Å²) < 4.78 is 0. The lowest BCUT2D eigenvalue weighted by Gasteiger charge is -2.22. The number of rotatable bonds is 3. The van der Waals surface area contributed by atoms with Crippen molar-refractivity contribution >= 4 is 23.1 Å². The van der Waals surface area contributed by atoms with Crippen LogP contribution in [-0.4, -0.2) is 23.6 Å². The van der Waals surface area contributed by atoms with Gasteiger partial charge in [0.05, 0.1) is 0 Å². The molecule has 0 bridgehead atoms. The number of hydrogen-bond donors (Lipinski definition) is 0. The second-order valence-corrected chi connectivity index (χ2v) is 6.09. The predicted molar refractivity (Wildman–Crippen MR) is 98.4 cm³/mol. The third-order valence-electron chi connectivity index (χ3n) is 4.44. The number of anilines is 4. The van der Waals surface area contributed by atoms with Crippen LogP contribution in [0.5, 0.6) is 0 Å². The molecule has 2 aromatic carbocycles. The maximum Gasteiger partial charge on any atom is 0.232 e. The van der Waals surface area contributed by atoms with Crippen LogP contribution in [0.1, 0.15) is 11.3 Å². The minimum Gasteiger partial charge on any atom is -0.329 e. The van der Waals surface area contributed by atoms with Crippen molar-refractivity contribution in [1.82, 2.24) is 9.97 Å². The van der Waals surface area contributed by atoms with E-state index in [1.807, 2.05) is 38.2 Å². The van der Waals surface area contributed by atoms with Gasteiger partial charge in [-0.25, -0.2) is 4.98 Å². The van der Waals surface area contributed by atoms with E-state index in [0.717, 1.165) is 36.1 Å². The van der Waals surface area contributed by atoms with Crippen LogP contribution < -0.4 is 9.80 Å². The number of fused-ring (bicyclic) bond motifs is 1. The summed E-state index contributed by atoms with van der Waals surface area (Å²) in [7, 11) is 2.04. The summed E-state index contributed by atoms with van der Waals surface area (Å²) in [6.45, 7) is 2.95. The van der Waals surface area contributed by atoms with E-state index in [9.17, 15) is 0 Å². The fraction of sp³-hybridized carbons (Fsp3) is 0.200. The molecule has 1 aliphatic heterocycles. The number of aryl methyl sites for hydroxylation is 1. The smallest absolute Gasteiger partial charge is 0.232 e. The van der Waals surface area contributed by atoms with Crippen LogP contribution in [0.25, 0.3) is 0 Å². The van der Waals surface area contributed by atoms with Gasteiger partial charge in [-0.05, 0) is 37.1 Å². The SMILES string of the molecule is Cc1cc(N(C)c2ccccc2)nc(N2CCc3ccccc32)n1. The van der Waals surface area contributed by atoms with Crippen LogP contribution in [-0.2, 0) is 6.42 Å². The first kappa shape index (κ1) is 14.7. The highest BCUT2D eigenvalue weighted by Gasteiger charge is 2.23. The molecule has 0 saturated heterocycles. The molecule has 0 radical (unpaired) electrons. The Morgan fingerprint density at radius 2 is 1.71 bits per heavy atom. The number of nitrogens with zero attached hydrogens (tertiary/aromatic N) is 4. The Hall–Kier alpha value is -2.88. The van der Waals surface area contributed by atoms with Crippen LogP contribution >= 0.6 is 0 Å². The Bertz CT molecular complexity index is 861. The highest BCUT2D eigenvalue weighted by Crippen LogP contribution is 2.33. The largest absolute Gasteiger partial charge is 0.329 e. The molecule has 120 valence electrons. The van der Waals surface area contributed by atoms with E-state index in [2.05, 4.69) is 51.2 Å². The topological polar surface area (TPSA) is 32.3 Å². The van der Waals surface area contributed by atoms with E-state index in [0.29, 0.717) is 0 Å². The molecule has 24 heavy (non-hydrogen) atoms. The maximum atomic E-state index is 4.83. The molecule has 0 fully saturated rings.